The van der Waals surface area contributed by atoms with Gasteiger partial charge < -0.3 is 14.8 Å². The van der Waals surface area contributed by atoms with Gasteiger partial charge in [-0.15, -0.1) is 11.3 Å². The summed E-state index contributed by atoms with van der Waals surface area (Å²) in [5.41, 5.74) is 10.3. The van der Waals surface area contributed by atoms with Crippen molar-refractivity contribution in [3.05, 3.63) is 69.4 Å². The van der Waals surface area contributed by atoms with E-state index in [9.17, 15) is 4.79 Å². The van der Waals surface area contributed by atoms with Crippen molar-refractivity contribution >= 4 is 34.6 Å². The molecule has 6 nitrogen and oxygen atoms in total. The van der Waals surface area contributed by atoms with Crippen LogP contribution < -0.4 is 25.6 Å². The minimum Gasteiger partial charge on any atom is -0.493 e. The zero-order chi connectivity index (χ0) is 23.1. The van der Waals surface area contributed by atoms with Gasteiger partial charge in [0.1, 0.15) is 0 Å². The van der Waals surface area contributed by atoms with E-state index in [0.717, 1.165) is 28.0 Å². The van der Waals surface area contributed by atoms with E-state index < -0.39 is 0 Å². The van der Waals surface area contributed by atoms with Crippen LogP contribution in [0.5, 0.6) is 11.5 Å². The van der Waals surface area contributed by atoms with E-state index in [-0.39, 0.29) is 5.91 Å². The molecule has 0 aliphatic heterocycles. The number of hydrogen-bond acceptors (Lipinski definition) is 5. The van der Waals surface area contributed by atoms with Crippen molar-refractivity contribution in [1.82, 2.24) is 16.2 Å². The average molecular weight is 470 g/mol. The number of amides is 1. The molecule has 3 N–H and O–H groups in total. The minimum absolute atomic E-state index is 0.228. The Hall–Kier alpha value is -3.10. The van der Waals surface area contributed by atoms with Gasteiger partial charge in [0, 0.05) is 22.4 Å². The summed E-state index contributed by atoms with van der Waals surface area (Å²) in [4.78, 5) is 13.9. The van der Waals surface area contributed by atoms with Gasteiger partial charge in [0.15, 0.2) is 16.6 Å². The van der Waals surface area contributed by atoms with Gasteiger partial charge in [-0.25, -0.2) is 0 Å². The van der Waals surface area contributed by atoms with E-state index in [1.165, 1.54) is 5.56 Å². The molecule has 2 aromatic carbocycles. The van der Waals surface area contributed by atoms with Crippen molar-refractivity contribution in [1.29, 1.82) is 0 Å². The van der Waals surface area contributed by atoms with Crippen molar-refractivity contribution in [3.8, 4) is 22.6 Å². The zero-order valence-electron chi connectivity index (χ0n) is 18.6. The molecule has 0 radical (unpaired) electrons. The van der Waals surface area contributed by atoms with Gasteiger partial charge in [-0.3, -0.25) is 15.6 Å². The molecule has 0 aliphatic carbocycles. The maximum absolute atomic E-state index is 12.8. The quantitative estimate of drug-likeness (QED) is 0.352. The second-order valence-corrected chi connectivity index (χ2v) is 8.71. The summed E-state index contributed by atoms with van der Waals surface area (Å²) in [6, 6.07) is 14.0. The van der Waals surface area contributed by atoms with Crippen LogP contribution in [-0.4, -0.2) is 31.8 Å². The van der Waals surface area contributed by atoms with E-state index in [1.54, 1.807) is 25.6 Å². The molecule has 3 rings (SSSR count). The number of carbonyl (C=O) groups is 1. The third kappa shape index (κ3) is 5.77. The van der Waals surface area contributed by atoms with E-state index in [2.05, 4.69) is 16.2 Å². The number of nitrogens with one attached hydrogen (secondary N) is 3. The summed E-state index contributed by atoms with van der Waals surface area (Å²) in [6.07, 6.45) is 0.734. The highest BCUT2D eigenvalue weighted by molar-refractivity contribution is 7.80. The van der Waals surface area contributed by atoms with Crippen molar-refractivity contribution in [2.24, 2.45) is 0 Å². The number of carbonyl (C=O) groups excluding carboxylic acids is 1. The second-order valence-electron chi connectivity index (χ2n) is 7.22. The third-order valence-electron chi connectivity index (χ3n) is 5.00. The summed E-state index contributed by atoms with van der Waals surface area (Å²) in [5, 5.41) is 5.32. The molecule has 0 spiro atoms. The van der Waals surface area contributed by atoms with Gasteiger partial charge in [0.25, 0.3) is 5.91 Å². The number of methoxy groups -OCH3 is 2. The van der Waals surface area contributed by atoms with Crippen LogP contribution in [0.1, 0.15) is 26.4 Å². The van der Waals surface area contributed by atoms with Crippen molar-refractivity contribution in [2.75, 3.05) is 20.8 Å². The van der Waals surface area contributed by atoms with Gasteiger partial charge >= 0.3 is 0 Å². The van der Waals surface area contributed by atoms with Crippen LogP contribution in [0.4, 0.5) is 0 Å². The normalized spacial score (nSPS) is 10.4. The smallest absolute Gasteiger partial charge is 0.271 e. The Bertz CT molecular complexity index is 1090. The first-order valence-corrected chi connectivity index (χ1v) is 11.4. The first kappa shape index (κ1) is 23.6. The van der Waals surface area contributed by atoms with Crippen molar-refractivity contribution < 1.29 is 14.3 Å². The van der Waals surface area contributed by atoms with E-state index >= 15 is 0 Å². The Kier molecular flexibility index (Phi) is 8.08. The molecule has 1 heterocycles. The molecule has 1 aromatic heterocycles. The Morgan fingerprint density at radius 2 is 1.72 bits per heavy atom. The molecule has 32 heavy (non-hydrogen) atoms. The summed E-state index contributed by atoms with van der Waals surface area (Å²) < 4.78 is 10.6. The average Bonchev–Trinajstić information content (AvgIpc) is 3.19. The minimum atomic E-state index is -0.228. The van der Waals surface area contributed by atoms with Crippen LogP contribution in [0, 0.1) is 13.8 Å². The maximum atomic E-state index is 12.8. The lowest BCUT2D eigenvalue weighted by Crippen LogP contribution is -2.47. The molecule has 168 valence electrons. The Morgan fingerprint density at radius 1 is 1.00 bits per heavy atom. The SMILES string of the molecule is COc1ccc(CCNC(=S)NNC(=O)c2csc(C)c2-c2ccc(C)cc2)cc1OC. The van der Waals surface area contributed by atoms with Gasteiger partial charge in [-0.2, -0.15) is 0 Å². The molecular formula is C24H27N3O3S2. The highest BCUT2D eigenvalue weighted by atomic mass is 32.1. The van der Waals surface area contributed by atoms with Crippen LogP contribution >= 0.6 is 23.6 Å². The van der Waals surface area contributed by atoms with Crippen LogP contribution in [0.2, 0.25) is 0 Å². The molecule has 0 fully saturated rings. The second kappa shape index (κ2) is 11.0. The summed E-state index contributed by atoms with van der Waals surface area (Å²) in [7, 11) is 3.22. The molecule has 3 aromatic rings. The number of hydrogen-bond donors (Lipinski definition) is 3. The number of benzene rings is 2. The van der Waals surface area contributed by atoms with Crippen LogP contribution in [0.3, 0.4) is 0 Å². The summed E-state index contributed by atoms with van der Waals surface area (Å²) in [6.45, 7) is 4.66. The first-order valence-electron chi connectivity index (χ1n) is 10.1. The number of hydrazine groups is 1. The predicted octanol–water partition coefficient (Wildman–Crippen LogP) is 4.40. The molecule has 1 amide bonds. The molecule has 0 saturated carbocycles. The van der Waals surface area contributed by atoms with Gasteiger partial charge in [0.05, 0.1) is 19.8 Å². The Morgan fingerprint density at radius 3 is 2.41 bits per heavy atom. The molecule has 0 bridgehead atoms. The van der Waals surface area contributed by atoms with Crippen molar-refractivity contribution in [2.45, 2.75) is 20.3 Å². The first-order chi connectivity index (χ1) is 15.4. The standard InChI is InChI=1S/C24H27N3O3S2/c1-15-5-8-18(9-6-15)22-16(2)32-14-19(22)23(28)26-27-24(31)25-12-11-17-7-10-20(29-3)21(13-17)30-4/h5-10,13-14H,11-12H2,1-4H3,(H,26,28)(H2,25,27,31). The molecule has 0 atom stereocenters. The fraction of sp³-hybridized carbons (Fsp3) is 0.250. The Balaban J connectivity index is 1.52. The lowest BCUT2D eigenvalue weighted by Gasteiger charge is -2.13. The predicted molar refractivity (Wildman–Crippen MR) is 134 cm³/mol. The van der Waals surface area contributed by atoms with Gasteiger partial charge in [0.2, 0.25) is 0 Å². The highest BCUT2D eigenvalue weighted by Gasteiger charge is 2.17. The number of thiocarbonyl (C=S) groups is 1. The Labute approximate surface area is 197 Å². The maximum Gasteiger partial charge on any atom is 0.271 e. The monoisotopic (exact) mass is 469 g/mol. The summed E-state index contributed by atoms with van der Waals surface area (Å²) in [5.74, 6) is 1.15. The summed E-state index contributed by atoms with van der Waals surface area (Å²) >= 11 is 6.85. The zero-order valence-corrected chi connectivity index (χ0v) is 20.2. The fourth-order valence-corrected chi connectivity index (χ4v) is 4.30. The fourth-order valence-electron chi connectivity index (χ4n) is 3.28. The van der Waals surface area contributed by atoms with Gasteiger partial charge in [-0.05, 0) is 55.7 Å². The lowest BCUT2D eigenvalue weighted by atomic mass is 10.0. The molecular weight excluding hydrogens is 442 g/mol. The van der Waals surface area contributed by atoms with E-state index in [1.807, 2.05) is 61.7 Å². The number of thiophene rings is 1. The molecule has 8 heteroatoms. The van der Waals surface area contributed by atoms with E-state index in [0.29, 0.717) is 28.7 Å². The highest BCUT2D eigenvalue weighted by Crippen LogP contribution is 2.32. The largest absolute Gasteiger partial charge is 0.493 e. The number of rotatable bonds is 7. The molecule has 0 unspecified atom stereocenters. The van der Waals surface area contributed by atoms with Crippen LogP contribution in [-0.2, 0) is 6.42 Å². The number of ether oxygens (including phenoxy) is 2. The van der Waals surface area contributed by atoms with Gasteiger partial charge in [-0.1, -0.05) is 35.9 Å². The number of aryl methyl sites for hydroxylation is 2. The van der Waals surface area contributed by atoms with Crippen LogP contribution in [0.25, 0.3) is 11.1 Å². The van der Waals surface area contributed by atoms with E-state index in [4.69, 9.17) is 21.7 Å². The van der Waals surface area contributed by atoms with Crippen molar-refractivity contribution in [3.63, 3.8) is 0 Å². The lowest BCUT2D eigenvalue weighted by molar-refractivity contribution is 0.0944. The molecule has 0 saturated heterocycles. The topological polar surface area (TPSA) is 71.6 Å². The molecule has 0 aliphatic rings. The van der Waals surface area contributed by atoms with Crippen LogP contribution in [0.15, 0.2) is 47.8 Å². The third-order valence-corrected chi connectivity index (χ3v) is 6.15.